The number of benzene rings is 3. The number of hydrogen-bond donors (Lipinski definition) is 1. The molecule has 42 heavy (non-hydrogen) atoms. The second kappa shape index (κ2) is 13.7. The Bertz CT molecular complexity index is 1500. The molecule has 0 saturated carbocycles. The van der Waals surface area contributed by atoms with Crippen molar-refractivity contribution in [1.82, 2.24) is 10.2 Å². The second-order valence-electron chi connectivity index (χ2n) is 10.4. The van der Waals surface area contributed by atoms with Gasteiger partial charge in [-0.1, -0.05) is 61.9 Å². The monoisotopic (exact) mass is 593 g/mol. The minimum absolute atomic E-state index is 0.0412. The maximum atomic E-state index is 14.2. The van der Waals surface area contributed by atoms with Crippen molar-refractivity contribution < 1.29 is 27.5 Å². The first-order chi connectivity index (χ1) is 20.1. The van der Waals surface area contributed by atoms with E-state index in [-0.39, 0.29) is 29.1 Å². The first-order valence-electron chi connectivity index (χ1n) is 14.3. The van der Waals surface area contributed by atoms with Crippen LogP contribution in [-0.2, 0) is 26.2 Å². The molecule has 0 fully saturated rings. The van der Waals surface area contributed by atoms with E-state index in [9.17, 15) is 18.0 Å². The summed E-state index contributed by atoms with van der Waals surface area (Å²) in [5, 5.41) is 2.99. The average Bonchev–Trinajstić information content (AvgIpc) is 2.99. The highest BCUT2D eigenvalue weighted by molar-refractivity contribution is 7.92. The fourth-order valence-electron chi connectivity index (χ4n) is 4.80. The third-order valence-electron chi connectivity index (χ3n) is 7.25. The highest BCUT2D eigenvalue weighted by Crippen LogP contribution is 2.36. The van der Waals surface area contributed by atoms with E-state index in [1.807, 2.05) is 52.0 Å². The van der Waals surface area contributed by atoms with Gasteiger partial charge < -0.3 is 19.7 Å². The zero-order chi connectivity index (χ0) is 30.3. The summed E-state index contributed by atoms with van der Waals surface area (Å²) in [6.45, 7) is 8.03. The van der Waals surface area contributed by atoms with Crippen molar-refractivity contribution in [3.63, 3.8) is 0 Å². The zero-order valence-electron chi connectivity index (χ0n) is 24.6. The van der Waals surface area contributed by atoms with Gasteiger partial charge in [0.05, 0.1) is 10.6 Å². The normalized spacial score (nSPS) is 14.0. The molecule has 9 nitrogen and oxygen atoms in total. The van der Waals surface area contributed by atoms with Gasteiger partial charge in [-0.3, -0.25) is 13.9 Å². The quantitative estimate of drug-likeness (QED) is 0.327. The number of ether oxygens (including phenoxy) is 2. The van der Waals surface area contributed by atoms with Gasteiger partial charge >= 0.3 is 0 Å². The summed E-state index contributed by atoms with van der Waals surface area (Å²) < 4.78 is 40.5. The van der Waals surface area contributed by atoms with E-state index < -0.39 is 28.5 Å². The van der Waals surface area contributed by atoms with Crippen LogP contribution in [0.1, 0.15) is 44.7 Å². The molecule has 1 N–H and O–H groups in total. The molecule has 1 heterocycles. The van der Waals surface area contributed by atoms with Gasteiger partial charge in [0, 0.05) is 18.7 Å². The van der Waals surface area contributed by atoms with Crippen LogP contribution in [0.3, 0.4) is 0 Å². The van der Waals surface area contributed by atoms with Crippen molar-refractivity contribution in [1.29, 1.82) is 0 Å². The van der Waals surface area contributed by atoms with Crippen LogP contribution in [0.4, 0.5) is 5.69 Å². The third-order valence-corrected chi connectivity index (χ3v) is 9.03. The molecule has 0 bridgehead atoms. The zero-order valence-corrected chi connectivity index (χ0v) is 25.4. The first-order valence-corrected chi connectivity index (χ1v) is 15.7. The van der Waals surface area contributed by atoms with Crippen LogP contribution < -0.4 is 19.1 Å². The van der Waals surface area contributed by atoms with E-state index in [4.69, 9.17) is 9.47 Å². The summed E-state index contributed by atoms with van der Waals surface area (Å²) in [6.07, 6.45) is 1.09. The Kier molecular flexibility index (Phi) is 10.1. The maximum absolute atomic E-state index is 14.2. The number of fused-ring (bicyclic) bond motifs is 1. The minimum Gasteiger partial charge on any atom is -0.486 e. The number of carbonyl (C=O) groups excluding carboxylic acids is 2. The molecule has 0 aromatic heterocycles. The van der Waals surface area contributed by atoms with Crippen molar-refractivity contribution in [2.45, 2.75) is 64.1 Å². The predicted octanol–water partition coefficient (Wildman–Crippen LogP) is 4.68. The molecule has 2 atom stereocenters. The van der Waals surface area contributed by atoms with Crippen molar-refractivity contribution in [2.75, 3.05) is 24.1 Å². The van der Waals surface area contributed by atoms with Gasteiger partial charge in [0.2, 0.25) is 11.8 Å². The lowest BCUT2D eigenvalue weighted by atomic mass is 10.1. The number of anilines is 1. The Labute approximate surface area is 248 Å². The molecule has 0 radical (unpaired) electrons. The van der Waals surface area contributed by atoms with E-state index in [2.05, 4.69) is 5.32 Å². The molecule has 0 aliphatic carbocycles. The molecular weight excluding hydrogens is 554 g/mol. The Morgan fingerprint density at radius 2 is 1.62 bits per heavy atom. The summed E-state index contributed by atoms with van der Waals surface area (Å²) in [7, 11) is -4.18. The SMILES string of the molecule is CC[C@@H](C)NC(=O)[C@H](CC)N(Cc1cccc(C)c1)C(=O)CN(c1ccc2c(c1)OCCO2)S(=O)(=O)c1ccccc1. The maximum Gasteiger partial charge on any atom is 0.264 e. The first kappa shape index (κ1) is 30.9. The second-order valence-corrected chi connectivity index (χ2v) is 12.3. The van der Waals surface area contributed by atoms with Crippen molar-refractivity contribution in [3.05, 3.63) is 83.9 Å². The predicted molar refractivity (Wildman–Crippen MR) is 162 cm³/mol. The van der Waals surface area contributed by atoms with Crippen LogP contribution in [0.5, 0.6) is 11.5 Å². The van der Waals surface area contributed by atoms with E-state index in [1.165, 1.54) is 17.0 Å². The molecule has 1 aliphatic rings. The van der Waals surface area contributed by atoms with Gasteiger partial charge in [0.15, 0.2) is 11.5 Å². The third kappa shape index (κ3) is 7.23. The van der Waals surface area contributed by atoms with E-state index in [0.29, 0.717) is 31.1 Å². The van der Waals surface area contributed by atoms with Gasteiger partial charge in [0.25, 0.3) is 10.0 Å². The topological polar surface area (TPSA) is 105 Å². The highest BCUT2D eigenvalue weighted by atomic mass is 32.2. The minimum atomic E-state index is -4.18. The standard InChI is InChI=1S/C32H39N3O6S/c1-5-24(4)33-32(37)28(6-2)34(21-25-12-10-11-23(3)19-25)31(36)22-35(42(38,39)27-13-8-7-9-14-27)26-15-16-29-30(20-26)41-18-17-40-29/h7-16,19-20,24,28H,5-6,17-18,21-22H2,1-4H3,(H,33,37)/t24-,28+/m1/s1. The van der Waals surface area contributed by atoms with Crippen LogP contribution >= 0.6 is 0 Å². The molecule has 224 valence electrons. The number of nitrogens with zero attached hydrogens (tertiary/aromatic N) is 2. The molecule has 1 aliphatic heterocycles. The van der Waals surface area contributed by atoms with Crippen LogP contribution in [0.25, 0.3) is 0 Å². The summed E-state index contributed by atoms with van der Waals surface area (Å²) in [5.41, 5.74) is 2.11. The Morgan fingerprint density at radius 1 is 0.905 bits per heavy atom. The van der Waals surface area contributed by atoms with Gasteiger partial charge in [-0.2, -0.15) is 0 Å². The fourth-order valence-corrected chi connectivity index (χ4v) is 6.23. The molecule has 0 saturated heterocycles. The van der Waals surface area contributed by atoms with Crippen LogP contribution in [0.2, 0.25) is 0 Å². The Hall–Kier alpha value is -4.05. The summed E-state index contributed by atoms with van der Waals surface area (Å²) in [5.74, 6) is 0.124. The average molecular weight is 594 g/mol. The molecule has 3 aromatic rings. The Balaban J connectivity index is 1.75. The number of hydrogen-bond acceptors (Lipinski definition) is 6. The number of rotatable bonds is 12. The molecule has 4 rings (SSSR count). The van der Waals surface area contributed by atoms with Crippen molar-refractivity contribution >= 4 is 27.5 Å². The fraction of sp³-hybridized carbons (Fsp3) is 0.375. The van der Waals surface area contributed by atoms with Gasteiger partial charge in [-0.25, -0.2) is 8.42 Å². The van der Waals surface area contributed by atoms with Gasteiger partial charge in [0.1, 0.15) is 25.8 Å². The van der Waals surface area contributed by atoms with Crippen LogP contribution in [0, 0.1) is 6.92 Å². The molecular formula is C32H39N3O6S. The highest BCUT2D eigenvalue weighted by Gasteiger charge is 2.34. The van der Waals surface area contributed by atoms with E-state index >= 15 is 0 Å². The molecule has 0 spiro atoms. The number of amides is 2. The lowest BCUT2D eigenvalue weighted by Crippen LogP contribution is -2.53. The smallest absolute Gasteiger partial charge is 0.264 e. The summed E-state index contributed by atoms with van der Waals surface area (Å²) in [4.78, 5) is 29.2. The molecule has 0 unspecified atom stereocenters. The van der Waals surface area contributed by atoms with E-state index in [1.54, 1.807) is 36.4 Å². The van der Waals surface area contributed by atoms with Gasteiger partial charge in [-0.15, -0.1) is 0 Å². The van der Waals surface area contributed by atoms with Crippen LogP contribution in [0.15, 0.2) is 77.7 Å². The van der Waals surface area contributed by atoms with Crippen molar-refractivity contribution in [2.24, 2.45) is 0 Å². The number of sulfonamides is 1. The summed E-state index contributed by atoms with van der Waals surface area (Å²) in [6, 6.07) is 19.6. The molecule has 3 aromatic carbocycles. The Morgan fingerprint density at radius 3 is 2.29 bits per heavy atom. The lowest BCUT2D eigenvalue weighted by molar-refractivity contribution is -0.140. The van der Waals surface area contributed by atoms with Crippen molar-refractivity contribution in [3.8, 4) is 11.5 Å². The largest absolute Gasteiger partial charge is 0.486 e. The van der Waals surface area contributed by atoms with Crippen LogP contribution in [-0.4, -0.2) is 57.0 Å². The molecule has 2 amide bonds. The molecule has 10 heteroatoms. The number of nitrogens with one attached hydrogen (secondary N) is 1. The van der Waals surface area contributed by atoms with E-state index in [0.717, 1.165) is 21.9 Å². The number of carbonyl (C=O) groups is 2. The summed E-state index contributed by atoms with van der Waals surface area (Å²) >= 11 is 0. The lowest BCUT2D eigenvalue weighted by Gasteiger charge is -2.34. The van der Waals surface area contributed by atoms with Gasteiger partial charge in [-0.05, 0) is 56.5 Å². The number of aryl methyl sites for hydroxylation is 1.